The third kappa shape index (κ3) is 9.36. The van der Waals surface area contributed by atoms with Crippen LogP contribution in [0.2, 0.25) is 0 Å². The molecule has 0 heterocycles. The van der Waals surface area contributed by atoms with Gasteiger partial charge in [0.15, 0.2) is 0 Å². The normalized spacial score (nSPS) is 13.9. The topological polar surface area (TPSA) is 114 Å². The lowest BCUT2D eigenvalue weighted by Crippen LogP contribution is -2.37. The van der Waals surface area contributed by atoms with Crippen LogP contribution in [-0.2, 0) is 5.41 Å². The minimum Gasteiger partial charge on any atom is -0.491 e. The van der Waals surface area contributed by atoms with Gasteiger partial charge in [-0.1, -0.05) is 32.0 Å². The Bertz CT molecular complexity index is 968. The van der Waals surface area contributed by atoms with Crippen molar-refractivity contribution in [3.63, 3.8) is 0 Å². The largest absolute Gasteiger partial charge is 0.491 e. The number of alkyl halides is 1. The van der Waals surface area contributed by atoms with Crippen molar-refractivity contribution in [2.45, 2.75) is 31.5 Å². The van der Waals surface area contributed by atoms with Gasteiger partial charge in [-0.05, 0) is 51.3 Å². The van der Waals surface area contributed by atoms with Gasteiger partial charge in [0, 0.05) is 17.3 Å². The van der Waals surface area contributed by atoms with Gasteiger partial charge in [-0.2, -0.15) is 3.89 Å². The average molecular weight is 593 g/mol. The molecule has 0 bridgehead atoms. The zero-order valence-corrected chi connectivity index (χ0v) is 22.8. The van der Waals surface area contributed by atoms with Gasteiger partial charge in [0.05, 0.1) is 34.8 Å². The molecule has 35 heavy (non-hydrogen) atoms. The first-order chi connectivity index (χ1) is 16.6. The lowest BCUT2D eigenvalue weighted by atomic mass is 9.78. The summed E-state index contributed by atoms with van der Waals surface area (Å²) in [5.74, 6) is 7.12. The second-order valence-electron chi connectivity index (χ2n) is 8.53. The molecule has 0 aromatic heterocycles. The lowest BCUT2D eigenvalue weighted by Gasteiger charge is -2.27. The fourth-order valence-corrected chi connectivity index (χ4v) is 4.01. The number of halogens is 3. The number of hydrogen-bond donors (Lipinski definition) is 4. The van der Waals surface area contributed by atoms with Gasteiger partial charge in [0.1, 0.15) is 36.9 Å². The molecule has 2 aromatic carbocycles. The van der Waals surface area contributed by atoms with Gasteiger partial charge in [0.25, 0.3) is 0 Å². The summed E-state index contributed by atoms with van der Waals surface area (Å²) in [6.07, 6.45) is -0.202. The van der Waals surface area contributed by atoms with Crippen molar-refractivity contribution in [1.82, 2.24) is 5.01 Å². The van der Waals surface area contributed by atoms with Crippen molar-refractivity contribution < 1.29 is 23.6 Å². The summed E-state index contributed by atoms with van der Waals surface area (Å²) in [6, 6.07) is 13.5. The highest BCUT2D eigenvalue weighted by atomic mass is 79.9. The van der Waals surface area contributed by atoms with Crippen molar-refractivity contribution in [3.8, 4) is 11.5 Å². The van der Waals surface area contributed by atoms with Crippen LogP contribution in [0.25, 0.3) is 0 Å². The highest BCUT2D eigenvalue weighted by Gasteiger charge is 2.24. The van der Waals surface area contributed by atoms with Crippen LogP contribution in [0.15, 0.2) is 58.8 Å². The van der Waals surface area contributed by atoms with Crippen LogP contribution in [-0.4, -0.2) is 58.8 Å². The molecule has 7 nitrogen and oxygen atoms in total. The monoisotopic (exact) mass is 591 g/mol. The molecule has 0 aliphatic rings. The van der Waals surface area contributed by atoms with E-state index in [2.05, 4.69) is 29.8 Å². The number of nitrogens with zero attached hydrogens (tertiary/aromatic N) is 1. The molecule has 2 atom stereocenters. The predicted octanol–water partition coefficient (Wildman–Crippen LogP) is 4.09. The number of hydrazine groups is 1. The van der Waals surface area contributed by atoms with Crippen molar-refractivity contribution in [2.75, 3.05) is 31.4 Å². The van der Waals surface area contributed by atoms with Crippen LogP contribution in [0.5, 0.6) is 11.5 Å². The number of nitrogens with two attached hydrogens (primary N) is 2. The predicted molar refractivity (Wildman–Crippen MR) is 143 cm³/mol. The molecule has 0 aliphatic carbocycles. The van der Waals surface area contributed by atoms with Crippen LogP contribution in [0.1, 0.15) is 25.0 Å². The van der Waals surface area contributed by atoms with E-state index < -0.39 is 12.2 Å². The SMILES string of the molecule is CC(C)(c1ccc(OC[C@H](O)CN(N)/C=C(\N)CSF)cc1)c1ccc(OCC(O)CCl)c(Br)c1. The van der Waals surface area contributed by atoms with Gasteiger partial charge in [-0.3, -0.25) is 0 Å². The van der Waals surface area contributed by atoms with E-state index in [9.17, 15) is 14.1 Å². The van der Waals surface area contributed by atoms with E-state index in [1.165, 1.54) is 11.2 Å². The molecule has 0 radical (unpaired) electrons. The van der Waals surface area contributed by atoms with Gasteiger partial charge in [0.2, 0.25) is 0 Å². The second kappa shape index (κ2) is 14.2. The Balaban J connectivity index is 1.97. The van der Waals surface area contributed by atoms with Gasteiger partial charge < -0.3 is 30.4 Å². The second-order valence-corrected chi connectivity index (χ2v) is 10.2. The molecular formula is C24H32BrClFN3O4S. The molecule has 0 fully saturated rings. The van der Waals surface area contributed by atoms with E-state index in [0.29, 0.717) is 11.5 Å². The standard InChI is InChI=1S/C24H32BrClFN3O4S/c1-24(2,17-5-8-23(22(25)9-17)34-13-19(31)10-26)16-3-6-21(7-4-16)33-14-20(32)12-30(29)11-18(28)15-35-27/h3-9,11,19-20,31-32H,10,12-15,28-29H2,1-2H3/b18-11-/t19?,20-/m1/s1. The van der Waals surface area contributed by atoms with Gasteiger partial charge in [-0.15, -0.1) is 11.6 Å². The van der Waals surface area contributed by atoms with E-state index in [4.69, 9.17) is 32.7 Å². The number of aliphatic hydroxyl groups excluding tert-OH is 2. The average Bonchev–Trinajstić information content (AvgIpc) is 2.81. The maximum Gasteiger partial charge on any atom is 0.133 e. The van der Waals surface area contributed by atoms with Gasteiger partial charge >= 0.3 is 0 Å². The first-order valence-electron chi connectivity index (χ1n) is 10.9. The third-order valence-electron chi connectivity index (χ3n) is 5.26. The molecule has 0 amide bonds. The molecule has 2 aromatic rings. The first kappa shape index (κ1) is 29.5. The van der Waals surface area contributed by atoms with Crippen LogP contribution in [0.3, 0.4) is 0 Å². The highest BCUT2D eigenvalue weighted by Crippen LogP contribution is 2.36. The lowest BCUT2D eigenvalue weighted by molar-refractivity contribution is 0.0817. The van der Waals surface area contributed by atoms with Crippen molar-refractivity contribution in [1.29, 1.82) is 0 Å². The summed E-state index contributed by atoms with van der Waals surface area (Å²) in [5, 5.41) is 21.0. The van der Waals surface area contributed by atoms with Crippen molar-refractivity contribution in [2.24, 2.45) is 11.6 Å². The van der Waals surface area contributed by atoms with Crippen molar-refractivity contribution in [3.05, 3.63) is 70.0 Å². The van der Waals surface area contributed by atoms with Crippen LogP contribution in [0, 0.1) is 0 Å². The molecule has 0 spiro atoms. The van der Waals surface area contributed by atoms with E-state index in [0.717, 1.165) is 15.6 Å². The van der Waals surface area contributed by atoms with E-state index in [1.807, 2.05) is 42.5 Å². The summed E-state index contributed by atoms with van der Waals surface area (Å²) >= 11 is 9.26. The number of aliphatic hydroxyl groups is 2. The Morgan fingerprint density at radius 3 is 2.37 bits per heavy atom. The highest BCUT2D eigenvalue weighted by molar-refractivity contribution is 9.10. The summed E-state index contributed by atoms with van der Waals surface area (Å²) in [5.41, 5.74) is 7.71. The minimum atomic E-state index is -0.859. The van der Waals surface area contributed by atoms with Crippen LogP contribution >= 0.6 is 39.7 Å². The van der Waals surface area contributed by atoms with E-state index in [-0.39, 0.29) is 54.7 Å². The fraction of sp³-hybridized carbons (Fsp3) is 0.417. The number of hydrogen-bond acceptors (Lipinski definition) is 8. The third-order valence-corrected chi connectivity index (χ3v) is 6.67. The molecule has 1 unspecified atom stereocenters. The quantitative estimate of drug-likeness (QED) is 0.147. The maximum atomic E-state index is 12.2. The Kier molecular flexibility index (Phi) is 11.9. The van der Waals surface area contributed by atoms with Crippen LogP contribution < -0.4 is 21.1 Å². The molecule has 0 saturated heterocycles. The molecule has 2 rings (SSSR count). The molecule has 11 heteroatoms. The maximum absolute atomic E-state index is 12.2. The zero-order chi connectivity index (χ0) is 26.0. The molecule has 6 N–H and O–H groups in total. The Morgan fingerprint density at radius 2 is 1.77 bits per heavy atom. The Morgan fingerprint density at radius 1 is 1.14 bits per heavy atom. The number of ether oxygens (including phenoxy) is 2. The van der Waals surface area contributed by atoms with Crippen molar-refractivity contribution >= 4 is 39.7 Å². The Hall–Kier alpha value is -1.69. The summed E-state index contributed by atoms with van der Waals surface area (Å²) in [6.45, 7) is 4.47. The number of benzene rings is 2. The molecule has 0 aliphatic heterocycles. The van der Waals surface area contributed by atoms with E-state index in [1.54, 1.807) is 0 Å². The fourth-order valence-electron chi connectivity index (χ4n) is 3.23. The minimum absolute atomic E-state index is 0.0105. The number of rotatable bonds is 14. The summed E-state index contributed by atoms with van der Waals surface area (Å²) in [4.78, 5) is 0. The zero-order valence-electron chi connectivity index (χ0n) is 19.7. The summed E-state index contributed by atoms with van der Waals surface area (Å²) < 4.78 is 24.3. The first-order valence-corrected chi connectivity index (χ1v) is 13.1. The molecule has 194 valence electrons. The molecule has 0 saturated carbocycles. The smallest absolute Gasteiger partial charge is 0.133 e. The van der Waals surface area contributed by atoms with E-state index >= 15 is 0 Å². The Labute approximate surface area is 223 Å². The molecular weight excluding hydrogens is 561 g/mol. The van der Waals surface area contributed by atoms with Gasteiger partial charge in [-0.25, -0.2) is 5.84 Å². The van der Waals surface area contributed by atoms with Crippen LogP contribution in [0.4, 0.5) is 3.89 Å². The summed E-state index contributed by atoms with van der Waals surface area (Å²) in [7, 11) is 0.